The van der Waals surface area contributed by atoms with Gasteiger partial charge in [-0.25, -0.2) is 0 Å². The van der Waals surface area contributed by atoms with Gasteiger partial charge in [0.25, 0.3) is 0 Å². The molecule has 0 unspecified atom stereocenters. The second-order valence-corrected chi connectivity index (χ2v) is 10.3. The van der Waals surface area contributed by atoms with Gasteiger partial charge >= 0.3 is 0 Å². The fourth-order valence-corrected chi connectivity index (χ4v) is 2.40. The summed E-state index contributed by atoms with van der Waals surface area (Å²) in [7, 11) is -1.32. The Balaban J connectivity index is 2.99. The van der Waals surface area contributed by atoms with Crippen molar-refractivity contribution >= 4 is 30.9 Å². The van der Waals surface area contributed by atoms with E-state index in [4.69, 9.17) is 9.16 Å². The Labute approximate surface area is 109 Å². The van der Waals surface area contributed by atoms with Gasteiger partial charge in [0.15, 0.2) is 8.32 Å². The Morgan fingerprint density at radius 3 is 2.13 bits per heavy atom. The molecule has 0 aliphatic heterocycles. The lowest BCUT2D eigenvalue weighted by atomic mass is 10.2. The molecule has 0 aliphatic carbocycles. The molecule has 15 heavy (non-hydrogen) atoms. The molecule has 0 saturated carbocycles. The zero-order valence-electron chi connectivity index (χ0n) is 10.4. The molecule has 0 saturated heterocycles. The van der Waals surface area contributed by atoms with Crippen LogP contribution in [0.5, 0.6) is 0 Å². The van der Waals surface area contributed by atoms with Crippen LogP contribution in [0.4, 0.5) is 0 Å². The number of halogens is 1. The molecule has 92 valence electrons. The van der Waals surface area contributed by atoms with Crippen LogP contribution in [0, 0.1) is 0 Å². The first-order valence-corrected chi connectivity index (χ1v) is 10.8. The van der Waals surface area contributed by atoms with E-state index in [1.165, 1.54) is 30.1 Å². The molecule has 2 nitrogen and oxygen atoms in total. The molecular formula is C11H25IO2Si. The molecule has 0 rings (SSSR count). The van der Waals surface area contributed by atoms with E-state index < -0.39 is 8.32 Å². The molecule has 0 amide bonds. The fourth-order valence-electron chi connectivity index (χ4n) is 1.16. The highest BCUT2D eigenvalue weighted by Crippen LogP contribution is 2.03. The van der Waals surface area contributed by atoms with Gasteiger partial charge < -0.3 is 9.16 Å². The highest BCUT2D eigenvalue weighted by Gasteiger charge is 2.12. The van der Waals surface area contributed by atoms with E-state index in [1.807, 2.05) is 0 Å². The Bertz CT molecular complexity index is 137. The standard InChI is InChI=1S/C11H25IO2Si/c1-15(2,3)14-11-10-13-9-7-5-4-6-8-12/h4-11H2,1-3H3. The van der Waals surface area contributed by atoms with Crippen LogP contribution >= 0.6 is 22.6 Å². The summed E-state index contributed by atoms with van der Waals surface area (Å²) in [4.78, 5) is 0. The Morgan fingerprint density at radius 1 is 0.867 bits per heavy atom. The summed E-state index contributed by atoms with van der Waals surface area (Å²) in [6.45, 7) is 9.04. The van der Waals surface area contributed by atoms with Crippen molar-refractivity contribution in [3.8, 4) is 0 Å². The number of alkyl halides is 1. The summed E-state index contributed by atoms with van der Waals surface area (Å²) >= 11 is 2.43. The van der Waals surface area contributed by atoms with Crippen LogP contribution < -0.4 is 0 Å². The maximum absolute atomic E-state index is 5.69. The molecule has 0 atom stereocenters. The fraction of sp³-hybridized carbons (Fsp3) is 1.00. The summed E-state index contributed by atoms with van der Waals surface area (Å²) in [5.74, 6) is 0. The predicted octanol–water partition coefficient (Wildman–Crippen LogP) is 3.85. The highest BCUT2D eigenvalue weighted by molar-refractivity contribution is 14.1. The Kier molecular flexibility index (Phi) is 10.6. The second kappa shape index (κ2) is 10.0. The van der Waals surface area contributed by atoms with Gasteiger partial charge in [-0.05, 0) is 36.9 Å². The van der Waals surface area contributed by atoms with Gasteiger partial charge in [0.2, 0.25) is 0 Å². The lowest BCUT2D eigenvalue weighted by Gasteiger charge is -2.16. The maximum Gasteiger partial charge on any atom is 0.183 e. The van der Waals surface area contributed by atoms with Crippen LogP contribution in [0.3, 0.4) is 0 Å². The Morgan fingerprint density at radius 2 is 1.53 bits per heavy atom. The van der Waals surface area contributed by atoms with E-state index in [2.05, 4.69) is 42.2 Å². The van der Waals surface area contributed by atoms with Gasteiger partial charge in [-0.3, -0.25) is 0 Å². The largest absolute Gasteiger partial charge is 0.415 e. The number of ether oxygens (including phenoxy) is 1. The second-order valence-electron chi connectivity index (χ2n) is 4.68. The zero-order chi connectivity index (χ0) is 11.6. The third-order valence-electron chi connectivity index (χ3n) is 1.94. The molecule has 0 aromatic rings. The van der Waals surface area contributed by atoms with E-state index >= 15 is 0 Å². The van der Waals surface area contributed by atoms with Crippen LogP contribution in [0.1, 0.15) is 25.7 Å². The van der Waals surface area contributed by atoms with Crippen LogP contribution in [0.15, 0.2) is 0 Å². The average molecular weight is 344 g/mol. The molecule has 0 aliphatic rings. The van der Waals surface area contributed by atoms with Gasteiger partial charge in [0.1, 0.15) is 0 Å². The van der Waals surface area contributed by atoms with Crippen molar-refractivity contribution in [1.29, 1.82) is 0 Å². The molecule has 0 aromatic carbocycles. The molecule has 0 radical (unpaired) electrons. The molecule has 0 bridgehead atoms. The summed E-state index contributed by atoms with van der Waals surface area (Å²) in [5.41, 5.74) is 0. The lowest BCUT2D eigenvalue weighted by Crippen LogP contribution is -2.27. The van der Waals surface area contributed by atoms with Crippen LogP contribution in [-0.4, -0.2) is 32.6 Å². The van der Waals surface area contributed by atoms with Gasteiger partial charge in [-0.15, -0.1) is 0 Å². The third-order valence-corrected chi connectivity index (χ3v) is 3.77. The quantitative estimate of drug-likeness (QED) is 0.259. The minimum absolute atomic E-state index is 0.760. The van der Waals surface area contributed by atoms with Crippen molar-refractivity contribution < 1.29 is 9.16 Å². The van der Waals surface area contributed by atoms with E-state index in [0.29, 0.717) is 0 Å². The van der Waals surface area contributed by atoms with Gasteiger partial charge in [-0.2, -0.15) is 0 Å². The molecule has 0 aromatic heterocycles. The van der Waals surface area contributed by atoms with Gasteiger partial charge in [-0.1, -0.05) is 35.4 Å². The van der Waals surface area contributed by atoms with Crippen molar-refractivity contribution in [3.63, 3.8) is 0 Å². The molecular weight excluding hydrogens is 319 g/mol. The number of hydrogen-bond donors (Lipinski definition) is 0. The number of hydrogen-bond acceptors (Lipinski definition) is 2. The maximum atomic E-state index is 5.69. The molecule has 0 fully saturated rings. The number of unbranched alkanes of at least 4 members (excludes halogenated alkanes) is 3. The van der Waals surface area contributed by atoms with Gasteiger partial charge in [0, 0.05) is 6.61 Å². The lowest BCUT2D eigenvalue weighted by molar-refractivity contribution is 0.0950. The molecule has 0 heterocycles. The minimum Gasteiger partial charge on any atom is -0.415 e. The van der Waals surface area contributed by atoms with Crippen LogP contribution in [0.25, 0.3) is 0 Å². The van der Waals surface area contributed by atoms with E-state index in [9.17, 15) is 0 Å². The highest BCUT2D eigenvalue weighted by atomic mass is 127. The van der Waals surface area contributed by atoms with Crippen LogP contribution in [0.2, 0.25) is 19.6 Å². The van der Waals surface area contributed by atoms with Crippen LogP contribution in [-0.2, 0) is 9.16 Å². The Hall–Kier alpha value is 0.867. The molecule has 0 spiro atoms. The predicted molar refractivity (Wildman–Crippen MR) is 77.5 cm³/mol. The third kappa shape index (κ3) is 14.9. The van der Waals surface area contributed by atoms with Gasteiger partial charge in [0.05, 0.1) is 13.2 Å². The smallest absolute Gasteiger partial charge is 0.183 e. The average Bonchev–Trinajstić information content (AvgIpc) is 2.14. The summed E-state index contributed by atoms with van der Waals surface area (Å²) in [5, 5.41) is 0. The number of rotatable bonds is 10. The van der Waals surface area contributed by atoms with E-state index in [1.54, 1.807) is 0 Å². The minimum atomic E-state index is -1.32. The first-order valence-electron chi connectivity index (χ1n) is 5.84. The van der Waals surface area contributed by atoms with E-state index in [0.717, 1.165) is 19.8 Å². The van der Waals surface area contributed by atoms with Crippen molar-refractivity contribution in [2.75, 3.05) is 24.2 Å². The summed E-state index contributed by atoms with van der Waals surface area (Å²) in [6.07, 6.45) is 5.19. The zero-order valence-corrected chi connectivity index (χ0v) is 13.5. The van der Waals surface area contributed by atoms with Crippen molar-refractivity contribution in [2.45, 2.75) is 45.3 Å². The summed E-state index contributed by atoms with van der Waals surface area (Å²) in [6, 6.07) is 0. The van der Waals surface area contributed by atoms with Crippen molar-refractivity contribution in [3.05, 3.63) is 0 Å². The monoisotopic (exact) mass is 344 g/mol. The first kappa shape index (κ1) is 15.9. The molecule has 4 heteroatoms. The molecule has 0 N–H and O–H groups in total. The first-order chi connectivity index (χ1) is 7.06. The summed E-state index contributed by atoms with van der Waals surface area (Å²) < 4.78 is 12.5. The van der Waals surface area contributed by atoms with Crippen molar-refractivity contribution in [1.82, 2.24) is 0 Å². The topological polar surface area (TPSA) is 18.5 Å². The van der Waals surface area contributed by atoms with Crippen molar-refractivity contribution in [2.24, 2.45) is 0 Å². The normalized spacial score (nSPS) is 12.0. The van der Waals surface area contributed by atoms with E-state index in [-0.39, 0.29) is 0 Å². The SMILES string of the molecule is C[Si](C)(C)OCCOCCCCCCI.